The monoisotopic (exact) mass is 360 g/mol. The number of hydrogen-bond acceptors (Lipinski definition) is 6. The number of halogens is 1. The predicted octanol–water partition coefficient (Wildman–Crippen LogP) is 2.23. The summed E-state index contributed by atoms with van der Waals surface area (Å²) in [4.78, 5) is 22.4. The van der Waals surface area contributed by atoms with Gasteiger partial charge in [-0.1, -0.05) is 12.1 Å². The Morgan fingerprint density at radius 3 is 3.00 bits per heavy atom. The number of nitrogens with zero attached hydrogens (tertiary/aromatic N) is 3. The van der Waals surface area contributed by atoms with Crippen molar-refractivity contribution in [1.82, 2.24) is 15.3 Å². The molecule has 138 valence electrons. The third-order valence-corrected chi connectivity index (χ3v) is 4.13. The number of carbonyl (C=O) groups excluding carboxylic acids is 1. The number of ether oxygens (including phenoxy) is 2. The van der Waals surface area contributed by atoms with Gasteiger partial charge in [0.15, 0.2) is 0 Å². The fourth-order valence-corrected chi connectivity index (χ4v) is 2.82. The first-order valence-corrected chi connectivity index (χ1v) is 8.41. The lowest BCUT2D eigenvalue weighted by atomic mass is 10.1. The van der Waals surface area contributed by atoms with Crippen LogP contribution >= 0.6 is 0 Å². The molecule has 1 atom stereocenters. The highest BCUT2D eigenvalue weighted by atomic mass is 19.1. The summed E-state index contributed by atoms with van der Waals surface area (Å²) in [6.45, 7) is 1.89. The summed E-state index contributed by atoms with van der Waals surface area (Å²) in [5, 5.41) is 2.83. The fourth-order valence-electron chi connectivity index (χ4n) is 2.82. The van der Waals surface area contributed by atoms with Crippen molar-refractivity contribution >= 4 is 11.9 Å². The van der Waals surface area contributed by atoms with Gasteiger partial charge < -0.3 is 19.7 Å². The van der Waals surface area contributed by atoms with E-state index in [1.54, 1.807) is 37.7 Å². The number of nitrogens with one attached hydrogen (secondary N) is 1. The summed E-state index contributed by atoms with van der Waals surface area (Å²) < 4.78 is 23.8. The van der Waals surface area contributed by atoms with E-state index in [0.717, 1.165) is 13.0 Å². The molecule has 0 bridgehead atoms. The molecule has 8 heteroatoms. The van der Waals surface area contributed by atoms with Gasteiger partial charge in [-0.05, 0) is 18.6 Å². The molecule has 3 rings (SSSR count). The molecule has 7 nitrogen and oxygen atoms in total. The average molecular weight is 360 g/mol. The summed E-state index contributed by atoms with van der Waals surface area (Å²) in [7, 11) is 1.55. The third-order valence-electron chi connectivity index (χ3n) is 4.13. The van der Waals surface area contributed by atoms with E-state index >= 15 is 0 Å². The SMILES string of the molecule is COCCOC(=O)N[C@@H]1CCN(c2cncc(-c3ccccc3F)n2)C1. The largest absolute Gasteiger partial charge is 0.447 e. The minimum atomic E-state index is -0.458. The zero-order chi connectivity index (χ0) is 18.4. The summed E-state index contributed by atoms with van der Waals surface area (Å²) in [6.07, 6.45) is 3.50. The van der Waals surface area contributed by atoms with Gasteiger partial charge in [0.2, 0.25) is 0 Å². The van der Waals surface area contributed by atoms with Crippen LogP contribution in [0.2, 0.25) is 0 Å². The smallest absolute Gasteiger partial charge is 0.407 e. The minimum Gasteiger partial charge on any atom is -0.447 e. The van der Waals surface area contributed by atoms with Gasteiger partial charge in [-0.3, -0.25) is 4.98 Å². The van der Waals surface area contributed by atoms with E-state index < -0.39 is 6.09 Å². The van der Waals surface area contributed by atoms with Crippen molar-refractivity contribution in [2.24, 2.45) is 0 Å². The second-order valence-electron chi connectivity index (χ2n) is 5.95. The van der Waals surface area contributed by atoms with Gasteiger partial charge in [0.05, 0.1) is 30.7 Å². The predicted molar refractivity (Wildman–Crippen MR) is 94.4 cm³/mol. The van der Waals surface area contributed by atoms with Gasteiger partial charge in [0.1, 0.15) is 18.2 Å². The first-order valence-electron chi connectivity index (χ1n) is 8.41. The number of amides is 1. The van der Waals surface area contributed by atoms with Crippen LogP contribution in [-0.2, 0) is 9.47 Å². The molecule has 0 spiro atoms. The highest BCUT2D eigenvalue weighted by Crippen LogP contribution is 2.24. The maximum Gasteiger partial charge on any atom is 0.407 e. The van der Waals surface area contributed by atoms with Crippen molar-refractivity contribution in [3.8, 4) is 11.3 Å². The fraction of sp³-hybridized carbons (Fsp3) is 0.389. The van der Waals surface area contributed by atoms with Crippen molar-refractivity contribution in [2.45, 2.75) is 12.5 Å². The first-order chi connectivity index (χ1) is 12.7. The Kier molecular flexibility index (Phi) is 5.96. The van der Waals surface area contributed by atoms with Crippen LogP contribution in [-0.4, -0.2) is 55.5 Å². The van der Waals surface area contributed by atoms with Crippen molar-refractivity contribution in [3.63, 3.8) is 0 Å². The molecule has 1 amide bonds. The number of aromatic nitrogens is 2. The summed E-state index contributed by atoms with van der Waals surface area (Å²) in [5.41, 5.74) is 0.897. The Hall–Kier alpha value is -2.74. The van der Waals surface area contributed by atoms with Crippen LogP contribution < -0.4 is 10.2 Å². The zero-order valence-electron chi connectivity index (χ0n) is 14.5. The Bertz CT molecular complexity index is 759. The molecule has 0 saturated carbocycles. The van der Waals surface area contributed by atoms with Gasteiger partial charge in [0.25, 0.3) is 0 Å². The summed E-state index contributed by atoms with van der Waals surface area (Å²) in [5.74, 6) is 0.321. The highest BCUT2D eigenvalue weighted by Gasteiger charge is 2.25. The number of carbonyl (C=O) groups is 1. The first kappa shape index (κ1) is 18.1. The Balaban J connectivity index is 1.62. The van der Waals surface area contributed by atoms with Crippen LogP contribution in [0.4, 0.5) is 15.0 Å². The van der Waals surface area contributed by atoms with Gasteiger partial charge >= 0.3 is 6.09 Å². The van der Waals surface area contributed by atoms with E-state index in [2.05, 4.69) is 15.3 Å². The molecule has 1 saturated heterocycles. The second kappa shape index (κ2) is 8.57. The molecule has 1 fully saturated rings. The van der Waals surface area contributed by atoms with Crippen LogP contribution in [0.15, 0.2) is 36.7 Å². The molecule has 2 aromatic rings. The van der Waals surface area contributed by atoms with Gasteiger partial charge in [-0.15, -0.1) is 0 Å². The van der Waals surface area contributed by atoms with Crippen molar-refractivity contribution in [3.05, 3.63) is 42.5 Å². The molecule has 1 aromatic carbocycles. The molecule has 0 radical (unpaired) electrons. The van der Waals surface area contributed by atoms with Gasteiger partial charge in [0, 0.05) is 25.8 Å². The number of rotatable bonds is 6. The van der Waals surface area contributed by atoms with Crippen LogP contribution in [0.1, 0.15) is 6.42 Å². The summed E-state index contributed by atoms with van der Waals surface area (Å²) in [6, 6.07) is 6.43. The standard InChI is InChI=1S/C18H21FN4O3/c1-25-8-9-26-18(24)21-13-6-7-23(12-13)17-11-20-10-16(22-17)14-4-2-3-5-15(14)19/h2-5,10-11,13H,6-9,12H2,1H3,(H,21,24)/t13-/m1/s1. The van der Waals surface area contributed by atoms with E-state index in [0.29, 0.717) is 30.2 Å². The van der Waals surface area contributed by atoms with Crippen molar-refractivity contribution in [2.75, 3.05) is 38.3 Å². The minimum absolute atomic E-state index is 0.0380. The molecule has 1 aliphatic heterocycles. The van der Waals surface area contributed by atoms with Gasteiger partial charge in [-0.25, -0.2) is 14.2 Å². The third kappa shape index (κ3) is 4.45. The molecule has 1 aliphatic rings. The van der Waals surface area contributed by atoms with Gasteiger partial charge in [-0.2, -0.15) is 0 Å². The number of methoxy groups -OCH3 is 1. The van der Waals surface area contributed by atoms with Crippen LogP contribution in [0, 0.1) is 5.82 Å². The molecular formula is C18H21FN4O3. The lowest BCUT2D eigenvalue weighted by molar-refractivity contribution is 0.0969. The van der Waals surface area contributed by atoms with E-state index in [-0.39, 0.29) is 18.5 Å². The van der Waals surface area contributed by atoms with Crippen LogP contribution in [0.5, 0.6) is 0 Å². The lowest BCUT2D eigenvalue weighted by Crippen LogP contribution is -2.38. The second-order valence-corrected chi connectivity index (χ2v) is 5.95. The molecule has 1 aromatic heterocycles. The number of alkyl carbamates (subject to hydrolysis) is 1. The molecule has 0 unspecified atom stereocenters. The van der Waals surface area contributed by atoms with E-state index in [4.69, 9.17) is 9.47 Å². The molecule has 1 N–H and O–H groups in total. The highest BCUT2D eigenvalue weighted by molar-refractivity contribution is 5.68. The molecular weight excluding hydrogens is 339 g/mol. The molecule has 0 aliphatic carbocycles. The Morgan fingerprint density at radius 2 is 2.19 bits per heavy atom. The van der Waals surface area contributed by atoms with E-state index in [9.17, 15) is 9.18 Å². The number of benzene rings is 1. The van der Waals surface area contributed by atoms with Crippen LogP contribution in [0.25, 0.3) is 11.3 Å². The lowest BCUT2D eigenvalue weighted by Gasteiger charge is -2.18. The van der Waals surface area contributed by atoms with E-state index in [1.807, 2.05) is 4.90 Å². The number of anilines is 1. The van der Waals surface area contributed by atoms with E-state index in [1.165, 1.54) is 6.07 Å². The Labute approximate surface area is 151 Å². The molecule has 26 heavy (non-hydrogen) atoms. The zero-order valence-corrected chi connectivity index (χ0v) is 14.5. The topological polar surface area (TPSA) is 76.6 Å². The molecule has 2 heterocycles. The normalized spacial score (nSPS) is 16.5. The van der Waals surface area contributed by atoms with Crippen molar-refractivity contribution < 1.29 is 18.7 Å². The maximum atomic E-state index is 14.0. The average Bonchev–Trinajstić information content (AvgIpc) is 3.11. The maximum absolute atomic E-state index is 14.0. The van der Waals surface area contributed by atoms with Crippen molar-refractivity contribution in [1.29, 1.82) is 0 Å². The quantitative estimate of drug-likeness (QED) is 0.796. The number of hydrogen-bond donors (Lipinski definition) is 1. The Morgan fingerprint density at radius 1 is 1.35 bits per heavy atom. The van der Waals surface area contributed by atoms with Crippen LogP contribution in [0.3, 0.4) is 0 Å². The summed E-state index contributed by atoms with van der Waals surface area (Å²) >= 11 is 0.